The molecule has 2 N–H and O–H groups in total. The standard InChI is InChI=1S/C12H14ClN3O3S/c1-8-5-9(16(2)15-8)7-19-12-4-3-10(6-11(12)13)20(14,17)18/h3-6H,7H2,1-2H3,(H2,14,17,18). The lowest BCUT2D eigenvalue weighted by Crippen LogP contribution is -2.12. The molecule has 1 aromatic carbocycles. The monoisotopic (exact) mass is 315 g/mol. The van der Waals surface area contributed by atoms with Crippen molar-refractivity contribution in [2.75, 3.05) is 0 Å². The first-order chi connectivity index (χ1) is 9.27. The van der Waals surface area contributed by atoms with Gasteiger partial charge in [0.05, 0.1) is 21.3 Å². The molecule has 0 saturated carbocycles. The first-order valence-electron chi connectivity index (χ1n) is 5.72. The van der Waals surface area contributed by atoms with E-state index in [0.29, 0.717) is 5.75 Å². The summed E-state index contributed by atoms with van der Waals surface area (Å²) < 4.78 is 29.6. The zero-order valence-corrected chi connectivity index (χ0v) is 12.6. The Labute approximate surface area is 122 Å². The normalized spacial score (nSPS) is 11.6. The van der Waals surface area contributed by atoms with Crippen LogP contribution in [0, 0.1) is 6.92 Å². The molecule has 8 heteroatoms. The molecule has 2 aromatic rings. The van der Waals surface area contributed by atoms with Gasteiger partial charge in [0.1, 0.15) is 12.4 Å². The number of hydrogen-bond donors (Lipinski definition) is 1. The summed E-state index contributed by atoms with van der Waals surface area (Å²) in [4.78, 5) is -0.0498. The van der Waals surface area contributed by atoms with Crippen LogP contribution < -0.4 is 9.88 Å². The molecule has 0 aliphatic carbocycles. The Balaban J connectivity index is 2.17. The van der Waals surface area contributed by atoms with Gasteiger partial charge in [-0.25, -0.2) is 13.6 Å². The molecule has 0 unspecified atom stereocenters. The van der Waals surface area contributed by atoms with E-state index in [1.54, 1.807) is 4.68 Å². The van der Waals surface area contributed by atoms with Gasteiger partial charge in [0.25, 0.3) is 0 Å². The van der Waals surface area contributed by atoms with Crippen LogP contribution in [-0.4, -0.2) is 18.2 Å². The van der Waals surface area contributed by atoms with Crippen molar-refractivity contribution in [1.29, 1.82) is 0 Å². The van der Waals surface area contributed by atoms with Crippen LogP contribution in [0.1, 0.15) is 11.4 Å². The Hall–Kier alpha value is -1.57. The highest BCUT2D eigenvalue weighted by molar-refractivity contribution is 7.89. The summed E-state index contributed by atoms with van der Waals surface area (Å²) in [5.74, 6) is 0.387. The van der Waals surface area contributed by atoms with Gasteiger partial charge >= 0.3 is 0 Å². The molecule has 108 valence electrons. The van der Waals surface area contributed by atoms with Gasteiger partial charge in [-0.05, 0) is 31.2 Å². The number of aromatic nitrogens is 2. The quantitative estimate of drug-likeness (QED) is 0.928. The van der Waals surface area contributed by atoms with Crippen LogP contribution in [0.25, 0.3) is 0 Å². The molecule has 0 bridgehead atoms. The molecule has 2 rings (SSSR count). The van der Waals surface area contributed by atoms with E-state index in [2.05, 4.69) is 5.10 Å². The van der Waals surface area contributed by atoms with Crippen molar-refractivity contribution in [3.8, 4) is 5.75 Å². The zero-order chi connectivity index (χ0) is 14.9. The molecule has 1 heterocycles. The molecule has 1 aromatic heterocycles. The molecular formula is C12H14ClN3O3S. The molecule has 0 saturated heterocycles. The predicted molar refractivity (Wildman–Crippen MR) is 75.1 cm³/mol. The van der Waals surface area contributed by atoms with E-state index in [9.17, 15) is 8.42 Å². The Morgan fingerprint density at radius 2 is 2.10 bits per heavy atom. The van der Waals surface area contributed by atoms with Gasteiger partial charge in [0.15, 0.2) is 0 Å². The topological polar surface area (TPSA) is 87.2 Å². The fourth-order valence-electron chi connectivity index (χ4n) is 1.73. The molecule has 6 nitrogen and oxygen atoms in total. The van der Waals surface area contributed by atoms with Crippen molar-refractivity contribution in [3.05, 3.63) is 40.7 Å². The van der Waals surface area contributed by atoms with Gasteiger partial charge < -0.3 is 4.74 Å². The second-order valence-corrected chi connectivity index (χ2v) is 6.30. The van der Waals surface area contributed by atoms with Crippen LogP contribution in [0.15, 0.2) is 29.2 Å². The fraction of sp³-hybridized carbons (Fsp3) is 0.250. The first kappa shape index (κ1) is 14.8. The van der Waals surface area contributed by atoms with Crippen molar-refractivity contribution < 1.29 is 13.2 Å². The number of hydrogen-bond acceptors (Lipinski definition) is 4. The number of aryl methyl sites for hydroxylation is 2. The third-order valence-electron chi connectivity index (χ3n) is 2.71. The zero-order valence-electron chi connectivity index (χ0n) is 11.0. The maximum Gasteiger partial charge on any atom is 0.238 e. The van der Waals surface area contributed by atoms with E-state index in [0.717, 1.165) is 11.4 Å². The van der Waals surface area contributed by atoms with Crippen molar-refractivity contribution >= 4 is 21.6 Å². The summed E-state index contributed by atoms with van der Waals surface area (Å²) in [6.07, 6.45) is 0. The van der Waals surface area contributed by atoms with Gasteiger partial charge in [-0.15, -0.1) is 0 Å². The summed E-state index contributed by atoms with van der Waals surface area (Å²) in [5.41, 5.74) is 1.77. The van der Waals surface area contributed by atoms with Gasteiger partial charge in [0.2, 0.25) is 10.0 Å². The smallest absolute Gasteiger partial charge is 0.238 e. The van der Waals surface area contributed by atoms with E-state index < -0.39 is 10.0 Å². The number of sulfonamides is 1. The third kappa shape index (κ3) is 3.30. The van der Waals surface area contributed by atoms with Crippen molar-refractivity contribution in [1.82, 2.24) is 9.78 Å². The molecule has 0 spiro atoms. The number of nitrogens with zero attached hydrogens (tertiary/aromatic N) is 2. The van der Waals surface area contributed by atoms with E-state index in [4.69, 9.17) is 21.5 Å². The minimum Gasteiger partial charge on any atom is -0.486 e. The van der Waals surface area contributed by atoms with Gasteiger partial charge in [-0.3, -0.25) is 4.68 Å². The Morgan fingerprint density at radius 1 is 1.40 bits per heavy atom. The Morgan fingerprint density at radius 3 is 2.60 bits per heavy atom. The lowest BCUT2D eigenvalue weighted by Gasteiger charge is -2.09. The summed E-state index contributed by atoms with van der Waals surface area (Å²) in [6, 6.07) is 5.99. The molecule has 0 fully saturated rings. The van der Waals surface area contributed by atoms with Crippen LogP contribution in [0.2, 0.25) is 5.02 Å². The average Bonchev–Trinajstić information content (AvgIpc) is 2.65. The lowest BCUT2D eigenvalue weighted by molar-refractivity contribution is 0.295. The van der Waals surface area contributed by atoms with Crippen molar-refractivity contribution in [2.24, 2.45) is 12.2 Å². The number of benzene rings is 1. The van der Waals surface area contributed by atoms with Gasteiger partial charge in [-0.2, -0.15) is 5.10 Å². The largest absolute Gasteiger partial charge is 0.486 e. The van der Waals surface area contributed by atoms with Gasteiger partial charge in [0, 0.05) is 7.05 Å². The second kappa shape index (κ2) is 5.43. The Bertz CT molecular complexity index is 740. The van der Waals surface area contributed by atoms with E-state index >= 15 is 0 Å². The first-order valence-corrected chi connectivity index (χ1v) is 7.64. The predicted octanol–water partition coefficient (Wildman–Crippen LogP) is 1.61. The highest BCUT2D eigenvalue weighted by Gasteiger charge is 2.12. The number of rotatable bonds is 4. The maximum atomic E-state index is 11.2. The van der Waals surface area contributed by atoms with Gasteiger partial charge in [-0.1, -0.05) is 11.6 Å². The molecule has 20 heavy (non-hydrogen) atoms. The van der Waals surface area contributed by atoms with E-state index in [1.165, 1.54) is 18.2 Å². The van der Waals surface area contributed by atoms with Crippen LogP contribution in [0.3, 0.4) is 0 Å². The van der Waals surface area contributed by atoms with Crippen LogP contribution in [0.4, 0.5) is 0 Å². The minimum atomic E-state index is -3.77. The summed E-state index contributed by atoms with van der Waals surface area (Å²) >= 11 is 5.98. The highest BCUT2D eigenvalue weighted by Crippen LogP contribution is 2.27. The van der Waals surface area contributed by atoms with Crippen LogP contribution in [0.5, 0.6) is 5.75 Å². The highest BCUT2D eigenvalue weighted by atomic mass is 35.5. The van der Waals surface area contributed by atoms with Crippen molar-refractivity contribution in [3.63, 3.8) is 0 Å². The SMILES string of the molecule is Cc1cc(COc2ccc(S(N)(=O)=O)cc2Cl)n(C)n1. The second-order valence-electron chi connectivity index (χ2n) is 4.33. The van der Waals surface area contributed by atoms with Crippen LogP contribution in [-0.2, 0) is 23.7 Å². The maximum absolute atomic E-state index is 11.2. The third-order valence-corrected chi connectivity index (χ3v) is 3.91. The van der Waals surface area contributed by atoms with Crippen molar-refractivity contribution in [2.45, 2.75) is 18.4 Å². The number of primary sulfonamides is 1. The summed E-state index contributed by atoms with van der Waals surface area (Å²) in [6.45, 7) is 2.17. The summed E-state index contributed by atoms with van der Waals surface area (Å²) in [5, 5.41) is 9.41. The average molecular weight is 316 g/mol. The molecular weight excluding hydrogens is 302 g/mol. The number of nitrogens with two attached hydrogens (primary N) is 1. The number of halogens is 1. The molecule has 0 atom stereocenters. The lowest BCUT2D eigenvalue weighted by atomic mass is 10.3. The Kier molecular flexibility index (Phi) is 4.03. The minimum absolute atomic E-state index is 0.0498. The molecule has 0 aliphatic rings. The van der Waals surface area contributed by atoms with E-state index in [-0.39, 0.29) is 16.5 Å². The molecule has 0 amide bonds. The van der Waals surface area contributed by atoms with Crippen LogP contribution >= 0.6 is 11.6 Å². The summed E-state index contributed by atoms with van der Waals surface area (Å²) in [7, 11) is -1.95. The fourth-order valence-corrected chi connectivity index (χ4v) is 2.57. The molecule has 0 radical (unpaired) electrons. The molecule has 0 aliphatic heterocycles. The number of ether oxygens (including phenoxy) is 1. The van der Waals surface area contributed by atoms with E-state index in [1.807, 2.05) is 20.0 Å².